The van der Waals surface area contributed by atoms with Gasteiger partial charge < -0.3 is 9.80 Å². The highest BCUT2D eigenvalue weighted by Crippen LogP contribution is 2.26. The molecule has 2 heterocycles. The Labute approximate surface area is 190 Å². The number of benzene rings is 2. The van der Waals surface area contributed by atoms with E-state index in [0.717, 1.165) is 37.6 Å². The molecule has 4 rings (SSSR count). The molecule has 0 aliphatic carbocycles. The quantitative estimate of drug-likeness (QED) is 0.235. The first-order valence-corrected chi connectivity index (χ1v) is 11.3. The van der Waals surface area contributed by atoms with Gasteiger partial charge in [-0.3, -0.25) is 10.1 Å². The number of aryl methyl sites for hydroxylation is 1. The van der Waals surface area contributed by atoms with Crippen molar-refractivity contribution in [2.45, 2.75) is 17.8 Å². The van der Waals surface area contributed by atoms with Crippen molar-refractivity contribution in [2.75, 3.05) is 38.1 Å². The molecular formula is C22H25N7O2S. The fourth-order valence-corrected chi connectivity index (χ4v) is 4.39. The van der Waals surface area contributed by atoms with Crippen LogP contribution in [-0.2, 0) is 5.75 Å². The summed E-state index contributed by atoms with van der Waals surface area (Å²) in [5.74, 6) is 1.40. The molecule has 166 valence electrons. The molecule has 1 aliphatic rings. The normalized spacial score (nSPS) is 14.9. The fraction of sp³-hybridized carbons (Fsp3) is 0.318. The van der Waals surface area contributed by atoms with E-state index in [2.05, 4.69) is 44.3 Å². The van der Waals surface area contributed by atoms with Gasteiger partial charge in [0.2, 0.25) is 5.16 Å². The maximum absolute atomic E-state index is 11.4. The molecule has 1 aromatic heterocycles. The number of thioether (sulfide) groups is 1. The van der Waals surface area contributed by atoms with Crippen LogP contribution in [0.5, 0.6) is 0 Å². The molecule has 32 heavy (non-hydrogen) atoms. The molecule has 0 unspecified atom stereocenters. The number of likely N-dealkylation sites (N-methyl/N-ethyl adjacent to an activating group) is 1. The average molecular weight is 452 g/mol. The third-order valence-electron chi connectivity index (χ3n) is 5.36. The van der Waals surface area contributed by atoms with Crippen molar-refractivity contribution in [1.29, 1.82) is 0 Å². The lowest BCUT2D eigenvalue weighted by atomic mass is 10.1. The van der Waals surface area contributed by atoms with Crippen LogP contribution < -0.4 is 4.90 Å². The molecule has 2 aromatic carbocycles. The second-order valence-corrected chi connectivity index (χ2v) is 8.59. The van der Waals surface area contributed by atoms with Crippen molar-refractivity contribution in [2.24, 2.45) is 5.10 Å². The number of aromatic nitrogens is 3. The molecule has 1 saturated heterocycles. The van der Waals surface area contributed by atoms with Crippen LogP contribution in [0.15, 0.2) is 58.8 Å². The fourth-order valence-electron chi connectivity index (χ4n) is 3.50. The van der Waals surface area contributed by atoms with Gasteiger partial charge in [0.1, 0.15) is 0 Å². The van der Waals surface area contributed by atoms with E-state index >= 15 is 0 Å². The van der Waals surface area contributed by atoms with Gasteiger partial charge >= 0.3 is 0 Å². The molecule has 1 fully saturated rings. The molecule has 0 N–H and O–H groups in total. The molecule has 0 amide bonds. The lowest BCUT2D eigenvalue weighted by Gasteiger charge is -2.34. The Kier molecular flexibility index (Phi) is 6.81. The minimum atomic E-state index is -0.379. The summed E-state index contributed by atoms with van der Waals surface area (Å²) < 4.78 is 1.68. The molecule has 0 bridgehead atoms. The summed E-state index contributed by atoms with van der Waals surface area (Å²) in [5.41, 5.74) is 2.88. The monoisotopic (exact) mass is 451 g/mol. The van der Waals surface area contributed by atoms with E-state index in [1.165, 1.54) is 5.56 Å². The maximum atomic E-state index is 11.4. The van der Waals surface area contributed by atoms with E-state index in [1.807, 2.05) is 31.2 Å². The first kappa shape index (κ1) is 22.0. The van der Waals surface area contributed by atoms with Gasteiger partial charge in [0.25, 0.3) is 5.69 Å². The Bertz CT molecular complexity index is 1110. The molecule has 0 radical (unpaired) electrons. The van der Waals surface area contributed by atoms with Crippen LogP contribution in [0.1, 0.15) is 17.0 Å². The van der Waals surface area contributed by atoms with Gasteiger partial charge in [-0.2, -0.15) is 9.78 Å². The van der Waals surface area contributed by atoms with Crippen LogP contribution in [-0.4, -0.2) is 64.1 Å². The minimum Gasteiger partial charge on any atom is -0.368 e. The number of hydrogen-bond donors (Lipinski definition) is 0. The standard InChI is InChI=1S/C22H25N7O2S/c1-17-24-25-22(32-16-18-6-4-3-5-7-18)28(17)23-15-19-14-20(29(30)31)8-9-21(19)27-12-10-26(2)11-13-27/h3-9,14-15H,10-13,16H2,1-2H3. The first-order valence-electron chi connectivity index (χ1n) is 10.4. The highest BCUT2D eigenvalue weighted by Gasteiger charge is 2.19. The van der Waals surface area contributed by atoms with Crippen LogP contribution in [0.4, 0.5) is 11.4 Å². The molecule has 9 nitrogen and oxygen atoms in total. The van der Waals surface area contributed by atoms with Gasteiger partial charge in [0.05, 0.1) is 11.1 Å². The molecule has 1 aliphatic heterocycles. The van der Waals surface area contributed by atoms with Crippen LogP contribution >= 0.6 is 11.8 Å². The number of rotatable bonds is 7. The van der Waals surface area contributed by atoms with E-state index in [9.17, 15) is 10.1 Å². The summed E-state index contributed by atoms with van der Waals surface area (Å²) in [7, 11) is 2.10. The van der Waals surface area contributed by atoms with Gasteiger partial charge in [-0.05, 0) is 25.6 Å². The summed E-state index contributed by atoms with van der Waals surface area (Å²) in [6.07, 6.45) is 1.67. The van der Waals surface area contributed by atoms with E-state index < -0.39 is 0 Å². The van der Waals surface area contributed by atoms with Crippen molar-refractivity contribution < 1.29 is 4.92 Å². The van der Waals surface area contributed by atoms with Crippen molar-refractivity contribution in [3.05, 3.63) is 75.6 Å². The largest absolute Gasteiger partial charge is 0.368 e. The van der Waals surface area contributed by atoms with Gasteiger partial charge in [-0.1, -0.05) is 42.1 Å². The predicted molar refractivity (Wildman–Crippen MR) is 127 cm³/mol. The van der Waals surface area contributed by atoms with Crippen LogP contribution in [0.3, 0.4) is 0 Å². The van der Waals surface area contributed by atoms with Crippen LogP contribution in [0.25, 0.3) is 0 Å². The molecule has 0 saturated carbocycles. The SMILES string of the molecule is Cc1nnc(SCc2ccccc2)n1N=Cc1cc([N+](=O)[O-])ccc1N1CCN(C)CC1. The Morgan fingerprint density at radius 1 is 1.12 bits per heavy atom. The number of piperazine rings is 1. The number of nitro benzene ring substituents is 1. The molecule has 0 atom stereocenters. The van der Waals surface area contributed by atoms with E-state index in [0.29, 0.717) is 16.5 Å². The zero-order valence-electron chi connectivity index (χ0n) is 18.1. The summed E-state index contributed by atoms with van der Waals surface area (Å²) in [5, 5.41) is 25.0. The molecule has 0 spiro atoms. The van der Waals surface area contributed by atoms with Gasteiger partial charge in [0.15, 0.2) is 5.82 Å². The second-order valence-electron chi connectivity index (χ2n) is 7.65. The summed E-state index contributed by atoms with van der Waals surface area (Å²) >= 11 is 1.55. The minimum absolute atomic E-state index is 0.0449. The lowest BCUT2D eigenvalue weighted by Crippen LogP contribution is -2.44. The van der Waals surface area contributed by atoms with Crippen LogP contribution in [0, 0.1) is 17.0 Å². The van der Waals surface area contributed by atoms with E-state index in [1.54, 1.807) is 34.8 Å². The summed E-state index contributed by atoms with van der Waals surface area (Å²) in [6.45, 7) is 5.44. The van der Waals surface area contributed by atoms with Crippen molar-refractivity contribution in [3.8, 4) is 0 Å². The second kappa shape index (κ2) is 9.92. The lowest BCUT2D eigenvalue weighted by molar-refractivity contribution is -0.384. The highest BCUT2D eigenvalue weighted by molar-refractivity contribution is 7.98. The third-order valence-corrected chi connectivity index (χ3v) is 6.35. The Morgan fingerprint density at radius 3 is 2.59 bits per heavy atom. The predicted octanol–water partition coefficient (Wildman–Crippen LogP) is 3.42. The number of anilines is 1. The van der Waals surface area contributed by atoms with Gasteiger partial charge in [0, 0.05) is 55.3 Å². The topological polar surface area (TPSA) is 92.7 Å². The number of hydrogen-bond acceptors (Lipinski definition) is 8. The van der Waals surface area contributed by atoms with Crippen molar-refractivity contribution >= 4 is 29.4 Å². The number of nitro groups is 1. The number of nitrogens with zero attached hydrogens (tertiary/aromatic N) is 7. The Morgan fingerprint density at radius 2 is 1.88 bits per heavy atom. The average Bonchev–Trinajstić information content (AvgIpc) is 3.16. The van der Waals surface area contributed by atoms with Crippen LogP contribution in [0.2, 0.25) is 0 Å². The van der Waals surface area contributed by atoms with Crippen molar-refractivity contribution in [3.63, 3.8) is 0 Å². The van der Waals surface area contributed by atoms with Gasteiger partial charge in [-0.15, -0.1) is 10.2 Å². The molecular weight excluding hydrogens is 426 g/mol. The maximum Gasteiger partial charge on any atom is 0.270 e. The Hall–Kier alpha value is -3.24. The number of non-ortho nitro benzene ring substituents is 1. The van der Waals surface area contributed by atoms with Gasteiger partial charge in [-0.25, -0.2) is 0 Å². The summed E-state index contributed by atoms with van der Waals surface area (Å²) in [4.78, 5) is 15.5. The smallest absolute Gasteiger partial charge is 0.270 e. The Balaban J connectivity index is 1.60. The zero-order valence-corrected chi connectivity index (χ0v) is 18.9. The summed E-state index contributed by atoms with van der Waals surface area (Å²) in [6, 6.07) is 15.1. The zero-order chi connectivity index (χ0) is 22.5. The van der Waals surface area contributed by atoms with E-state index in [-0.39, 0.29) is 10.6 Å². The molecule has 10 heteroatoms. The molecule has 3 aromatic rings. The third kappa shape index (κ3) is 5.14. The first-order chi connectivity index (χ1) is 15.5. The highest BCUT2D eigenvalue weighted by atomic mass is 32.2. The van der Waals surface area contributed by atoms with E-state index in [4.69, 9.17) is 0 Å². The van der Waals surface area contributed by atoms with Crippen molar-refractivity contribution in [1.82, 2.24) is 19.8 Å².